The third kappa shape index (κ3) is 5.19. The molecule has 0 aliphatic carbocycles. The van der Waals surface area contributed by atoms with Crippen LogP contribution in [0.15, 0.2) is 0 Å². The summed E-state index contributed by atoms with van der Waals surface area (Å²) < 4.78 is 11.1. The van der Waals surface area contributed by atoms with E-state index >= 15 is 0 Å². The van der Waals surface area contributed by atoms with E-state index in [9.17, 15) is 4.79 Å². The molecule has 1 atom stereocenters. The van der Waals surface area contributed by atoms with Gasteiger partial charge in [0.1, 0.15) is 0 Å². The summed E-state index contributed by atoms with van der Waals surface area (Å²) in [6.45, 7) is 11.7. The van der Waals surface area contributed by atoms with Gasteiger partial charge in [0.2, 0.25) is 5.91 Å². The smallest absolute Gasteiger partial charge is 0.227 e. The van der Waals surface area contributed by atoms with Crippen molar-refractivity contribution in [3.63, 3.8) is 0 Å². The number of hydrogen-bond donors (Lipinski definition) is 1. The number of hydrogen-bond acceptors (Lipinski definition) is 3. The average molecular weight is 261 g/mol. The van der Waals surface area contributed by atoms with Crippen LogP contribution in [0.2, 0.25) is 18.1 Å². The highest BCUT2D eigenvalue weighted by Crippen LogP contribution is 2.36. The number of ether oxygens (including phenoxy) is 1. The molecule has 0 aliphatic rings. The van der Waals surface area contributed by atoms with Gasteiger partial charge in [0, 0.05) is 20.8 Å². The summed E-state index contributed by atoms with van der Waals surface area (Å²) >= 11 is 0. The molecule has 102 valence electrons. The van der Waals surface area contributed by atoms with Gasteiger partial charge in [-0.25, -0.2) is 0 Å². The fraction of sp³-hybridized carbons (Fsp3) is 0.917. The molecule has 0 saturated carbocycles. The monoisotopic (exact) mass is 261 g/mol. The first-order chi connectivity index (χ1) is 7.65. The molecule has 0 rings (SSSR count). The summed E-state index contributed by atoms with van der Waals surface area (Å²) in [5, 5.41) is 2.80. The predicted molar refractivity (Wildman–Crippen MR) is 72.6 cm³/mol. The second-order valence-corrected chi connectivity index (χ2v) is 10.6. The minimum atomic E-state index is -1.79. The molecule has 0 aromatic rings. The fourth-order valence-electron chi connectivity index (χ4n) is 1.13. The summed E-state index contributed by atoms with van der Waals surface area (Å²) in [5.74, 6) is -0.246. The number of carbonyl (C=O) groups excluding carboxylic acids is 1. The fourth-order valence-corrected chi connectivity index (χ4v) is 2.18. The first-order valence-corrected chi connectivity index (χ1v) is 8.91. The van der Waals surface area contributed by atoms with Gasteiger partial charge in [0.15, 0.2) is 8.32 Å². The SMILES string of the molecule is CNC(=O)C(COC)CO[Si](C)(C)C(C)(C)C. The van der Waals surface area contributed by atoms with Crippen molar-refractivity contribution in [3.8, 4) is 0 Å². The van der Waals surface area contributed by atoms with E-state index in [2.05, 4.69) is 39.2 Å². The van der Waals surface area contributed by atoms with Crippen molar-refractivity contribution >= 4 is 14.2 Å². The van der Waals surface area contributed by atoms with Crippen molar-refractivity contribution in [1.29, 1.82) is 0 Å². The van der Waals surface area contributed by atoms with E-state index < -0.39 is 8.32 Å². The molecule has 0 fully saturated rings. The van der Waals surface area contributed by atoms with Crippen LogP contribution in [0.1, 0.15) is 20.8 Å². The lowest BCUT2D eigenvalue weighted by atomic mass is 10.1. The van der Waals surface area contributed by atoms with Crippen molar-refractivity contribution in [2.45, 2.75) is 38.9 Å². The quantitative estimate of drug-likeness (QED) is 0.744. The molecular formula is C12H27NO3Si. The van der Waals surface area contributed by atoms with Crippen LogP contribution in [0.25, 0.3) is 0 Å². The summed E-state index contributed by atoms with van der Waals surface area (Å²) in [6, 6.07) is 0. The van der Waals surface area contributed by atoms with Gasteiger partial charge < -0.3 is 14.5 Å². The van der Waals surface area contributed by atoms with Gasteiger partial charge in [-0.15, -0.1) is 0 Å². The van der Waals surface area contributed by atoms with Gasteiger partial charge in [0.05, 0.1) is 12.5 Å². The number of rotatable bonds is 6. The van der Waals surface area contributed by atoms with Crippen LogP contribution in [0.3, 0.4) is 0 Å². The first-order valence-electron chi connectivity index (χ1n) is 6.00. The molecular weight excluding hydrogens is 234 g/mol. The molecule has 17 heavy (non-hydrogen) atoms. The maximum absolute atomic E-state index is 11.6. The number of nitrogens with one attached hydrogen (secondary N) is 1. The highest BCUT2D eigenvalue weighted by atomic mass is 28.4. The molecule has 5 heteroatoms. The summed E-state index contributed by atoms with van der Waals surface area (Å²) in [7, 11) is 1.44. The van der Waals surface area contributed by atoms with E-state index in [-0.39, 0.29) is 16.9 Å². The van der Waals surface area contributed by atoms with Gasteiger partial charge in [-0.1, -0.05) is 20.8 Å². The number of carbonyl (C=O) groups is 1. The van der Waals surface area contributed by atoms with E-state index in [1.54, 1.807) is 14.2 Å². The van der Waals surface area contributed by atoms with Gasteiger partial charge >= 0.3 is 0 Å². The van der Waals surface area contributed by atoms with Crippen molar-refractivity contribution in [2.24, 2.45) is 5.92 Å². The van der Waals surface area contributed by atoms with E-state index in [4.69, 9.17) is 9.16 Å². The molecule has 0 bridgehead atoms. The maximum atomic E-state index is 11.6. The molecule has 0 aliphatic heterocycles. The molecule has 4 nitrogen and oxygen atoms in total. The zero-order valence-electron chi connectivity index (χ0n) is 12.2. The summed E-state index contributed by atoms with van der Waals surface area (Å²) in [4.78, 5) is 11.6. The Labute approximate surface area is 106 Å². The van der Waals surface area contributed by atoms with E-state index in [0.717, 1.165) is 0 Å². The molecule has 1 amide bonds. The Morgan fingerprint density at radius 2 is 1.82 bits per heavy atom. The van der Waals surface area contributed by atoms with Crippen molar-refractivity contribution < 1.29 is 14.0 Å². The highest BCUT2D eigenvalue weighted by molar-refractivity contribution is 6.74. The van der Waals surface area contributed by atoms with Gasteiger partial charge in [-0.05, 0) is 18.1 Å². The van der Waals surface area contributed by atoms with Gasteiger partial charge in [-0.2, -0.15) is 0 Å². The number of methoxy groups -OCH3 is 1. The molecule has 0 aromatic heterocycles. The van der Waals surface area contributed by atoms with E-state index in [0.29, 0.717) is 13.2 Å². The molecule has 0 radical (unpaired) electrons. The minimum absolute atomic E-state index is 0.0226. The zero-order chi connectivity index (χ0) is 13.7. The van der Waals surface area contributed by atoms with Crippen LogP contribution < -0.4 is 5.32 Å². The Morgan fingerprint density at radius 1 is 1.29 bits per heavy atom. The maximum Gasteiger partial charge on any atom is 0.227 e. The van der Waals surface area contributed by atoms with Crippen LogP contribution in [-0.2, 0) is 14.0 Å². The Morgan fingerprint density at radius 3 is 2.18 bits per heavy atom. The largest absolute Gasteiger partial charge is 0.416 e. The van der Waals surface area contributed by atoms with Crippen LogP contribution in [-0.4, -0.2) is 41.6 Å². The van der Waals surface area contributed by atoms with Crippen LogP contribution in [0, 0.1) is 5.92 Å². The predicted octanol–water partition coefficient (Wildman–Crippen LogP) is 2.02. The second kappa shape index (κ2) is 6.52. The molecule has 1 N–H and O–H groups in total. The van der Waals surface area contributed by atoms with Crippen LogP contribution in [0.5, 0.6) is 0 Å². The average Bonchev–Trinajstić information content (AvgIpc) is 2.21. The Bertz CT molecular complexity index is 249. The molecule has 1 unspecified atom stereocenters. The number of amides is 1. The minimum Gasteiger partial charge on any atom is -0.416 e. The van der Waals surface area contributed by atoms with Crippen molar-refractivity contribution in [1.82, 2.24) is 5.32 Å². The normalized spacial score (nSPS) is 14.5. The second-order valence-electron chi connectivity index (χ2n) is 5.84. The third-order valence-corrected chi connectivity index (χ3v) is 7.94. The standard InChI is InChI=1S/C12H27NO3Si/c1-12(2,3)17(6,7)16-9-10(8-15-5)11(14)13-4/h10H,8-9H2,1-7H3,(H,13,14). The zero-order valence-corrected chi connectivity index (χ0v) is 13.2. The van der Waals surface area contributed by atoms with Crippen molar-refractivity contribution in [3.05, 3.63) is 0 Å². The topological polar surface area (TPSA) is 47.6 Å². The van der Waals surface area contributed by atoms with Crippen LogP contribution in [0.4, 0.5) is 0 Å². The van der Waals surface area contributed by atoms with E-state index in [1.165, 1.54) is 0 Å². The Hall–Kier alpha value is -0.393. The summed E-state index contributed by atoms with van der Waals surface area (Å²) in [6.07, 6.45) is 0. The third-order valence-electron chi connectivity index (χ3n) is 3.44. The molecule has 0 spiro atoms. The lowest BCUT2D eigenvalue weighted by molar-refractivity contribution is -0.127. The van der Waals surface area contributed by atoms with Crippen molar-refractivity contribution in [2.75, 3.05) is 27.4 Å². The Balaban J connectivity index is 4.45. The van der Waals surface area contributed by atoms with E-state index in [1.807, 2.05) is 0 Å². The van der Waals surface area contributed by atoms with Crippen LogP contribution >= 0.6 is 0 Å². The molecule has 0 aromatic carbocycles. The lowest BCUT2D eigenvalue weighted by Gasteiger charge is -2.37. The highest BCUT2D eigenvalue weighted by Gasteiger charge is 2.38. The van der Waals surface area contributed by atoms with Gasteiger partial charge in [0.25, 0.3) is 0 Å². The Kier molecular flexibility index (Phi) is 6.36. The summed E-state index contributed by atoms with van der Waals surface area (Å²) in [5.41, 5.74) is 0. The molecule has 0 saturated heterocycles. The lowest BCUT2D eigenvalue weighted by Crippen LogP contribution is -2.44. The first kappa shape index (κ1) is 16.6. The molecule has 0 heterocycles. The van der Waals surface area contributed by atoms with Gasteiger partial charge in [-0.3, -0.25) is 4.79 Å².